The van der Waals surface area contributed by atoms with Crippen molar-refractivity contribution in [2.24, 2.45) is 5.92 Å². The molecular weight excluding hydrogens is 201 g/mol. The third kappa shape index (κ3) is 35.7. The van der Waals surface area contributed by atoms with Gasteiger partial charge in [-0.2, -0.15) is 19.8 Å². The summed E-state index contributed by atoms with van der Waals surface area (Å²) in [7, 11) is 0. The average Bonchev–Trinajstić information content (AvgIpc) is 1.67. The Morgan fingerprint density at radius 1 is 1.30 bits per heavy atom. The molecule has 0 spiro atoms. The Morgan fingerprint density at radius 3 is 1.60 bits per heavy atom. The van der Waals surface area contributed by atoms with Crippen molar-refractivity contribution in [3.05, 3.63) is 12.8 Å². The number of aliphatic hydroxyl groups is 1. The summed E-state index contributed by atoms with van der Waals surface area (Å²) in [5.41, 5.74) is 0. The summed E-state index contributed by atoms with van der Waals surface area (Å²) in [4.78, 5) is 0. The van der Waals surface area contributed by atoms with Crippen molar-refractivity contribution in [2.75, 3.05) is 6.61 Å². The summed E-state index contributed by atoms with van der Waals surface area (Å²) in [5, 5.41) is 8.18. The van der Waals surface area contributed by atoms with Gasteiger partial charge in [0, 0.05) is 32.7 Å². The Labute approximate surface area is 90.5 Å². The monoisotopic (exact) mass is 219 g/mol. The Hall–Kier alpha value is 1.06. The van der Waals surface area contributed by atoms with Gasteiger partial charge in [-0.1, -0.05) is 20.5 Å². The first-order valence-electron chi connectivity index (χ1n) is 3.37. The van der Waals surface area contributed by atoms with Crippen molar-refractivity contribution in [3.8, 4) is 0 Å². The minimum Gasteiger partial charge on any atom is -0.428 e. The topological polar surface area (TPSA) is 20.2 Å². The summed E-state index contributed by atoms with van der Waals surface area (Å²) in [6.07, 6.45) is 3.85. The smallest absolute Gasteiger partial charge is 0 e. The second-order valence-electron chi connectivity index (χ2n) is 2.24. The number of hydrogen-bond acceptors (Lipinski definition) is 1. The van der Waals surface area contributed by atoms with Crippen LogP contribution in [0.1, 0.15) is 27.7 Å². The maximum atomic E-state index is 8.18. The third-order valence-corrected chi connectivity index (χ3v) is 0.577. The fourth-order valence-electron chi connectivity index (χ4n) is 0.211. The molecule has 1 nitrogen and oxygen atoms in total. The molecule has 1 radical (unpaired) electrons. The summed E-state index contributed by atoms with van der Waals surface area (Å²) in [6.45, 7) is 8.28. The molecule has 0 heterocycles. The second kappa shape index (κ2) is 16.6. The van der Waals surface area contributed by atoms with E-state index in [2.05, 4.69) is 0 Å². The van der Waals surface area contributed by atoms with Crippen molar-refractivity contribution in [3.63, 3.8) is 0 Å². The minimum atomic E-state index is 0. The molecule has 0 saturated carbocycles. The molecule has 0 aliphatic heterocycles. The normalized spacial score (nSPS) is 7.80. The fraction of sp³-hybridized carbons (Fsp3) is 0.750. The molecule has 0 atom stereocenters. The fourth-order valence-corrected chi connectivity index (χ4v) is 0.211. The summed E-state index contributed by atoms with van der Waals surface area (Å²) >= 11 is 0. The minimum absolute atomic E-state index is 0. The molecule has 1 N–H and O–H groups in total. The van der Waals surface area contributed by atoms with Crippen LogP contribution < -0.4 is 0 Å². The maximum Gasteiger partial charge on any atom is 0 e. The van der Waals surface area contributed by atoms with Gasteiger partial charge in [-0.3, -0.25) is 0 Å². The quantitative estimate of drug-likeness (QED) is 0.705. The van der Waals surface area contributed by atoms with Crippen LogP contribution in [0, 0.1) is 18.8 Å². The predicted molar refractivity (Wildman–Crippen MR) is 41.9 cm³/mol. The van der Waals surface area contributed by atoms with Crippen molar-refractivity contribution in [1.29, 1.82) is 0 Å². The van der Waals surface area contributed by atoms with E-state index in [1.807, 2.05) is 40.5 Å². The van der Waals surface area contributed by atoms with Gasteiger partial charge in [0.25, 0.3) is 0 Å². The van der Waals surface area contributed by atoms with Crippen molar-refractivity contribution in [1.82, 2.24) is 0 Å². The zero-order chi connectivity index (χ0) is 7.70. The Kier molecular flexibility index (Phi) is 28.6. The molecule has 0 aromatic heterocycles. The Morgan fingerprint density at radius 2 is 1.60 bits per heavy atom. The van der Waals surface area contributed by atoms with Crippen molar-refractivity contribution < 1.29 is 37.8 Å². The van der Waals surface area contributed by atoms with Gasteiger partial charge in [0.05, 0.1) is 0 Å². The van der Waals surface area contributed by atoms with Crippen LogP contribution in [-0.4, -0.2) is 11.7 Å². The van der Waals surface area contributed by atoms with E-state index in [-0.39, 0.29) is 39.3 Å². The van der Waals surface area contributed by atoms with Gasteiger partial charge in [0.2, 0.25) is 0 Å². The predicted octanol–water partition coefficient (Wildman–Crippen LogP) is 2.07. The van der Waals surface area contributed by atoms with Crippen LogP contribution in [0.3, 0.4) is 0 Å². The summed E-state index contributed by atoms with van der Waals surface area (Å²) in [5.74, 6) is 0.523. The van der Waals surface area contributed by atoms with Crippen LogP contribution in [0.5, 0.6) is 0 Å². The molecule has 0 aromatic carbocycles. The standard InChI is InChI=1S/C5H11O.C3H7.Y/c1-5(2)3-4-6;1-3-2;/h3,5-6H,4H2,1-2H3;3H,1-2H3;/q2*-1;. The summed E-state index contributed by atoms with van der Waals surface area (Å²) in [6, 6.07) is 0. The van der Waals surface area contributed by atoms with Crippen molar-refractivity contribution >= 4 is 0 Å². The van der Waals surface area contributed by atoms with Gasteiger partial charge in [-0.05, 0) is 0 Å². The van der Waals surface area contributed by atoms with Crippen molar-refractivity contribution in [2.45, 2.75) is 27.7 Å². The molecule has 0 amide bonds. The summed E-state index contributed by atoms with van der Waals surface area (Å²) < 4.78 is 0. The first-order valence-corrected chi connectivity index (χ1v) is 3.37. The second-order valence-corrected chi connectivity index (χ2v) is 2.24. The SMILES string of the molecule is CC(C)[CH-]CO.C[CH-]C.[Y]. The zero-order valence-electron chi connectivity index (χ0n) is 7.46. The van der Waals surface area contributed by atoms with Crippen LogP contribution in [0.15, 0.2) is 0 Å². The molecule has 0 aromatic rings. The van der Waals surface area contributed by atoms with E-state index in [0.29, 0.717) is 5.92 Å². The number of hydrogen-bond donors (Lipinski definition) is 1. The maximum absolute atomic E-state index is 8.18. The van der Waals surface area contributed by atoms with Crippen LogP contribution in [-0.2, 0) is 32.7 Å². The van der Waals surface area contributed by atoms with E-state index >= 15 is 0 Å². The molecule has 0 rings (SSSR count). The molecule has 0 aliphatic carbocycles. The van der Waals surface area contributed by atoms with Gasteiger partial charge in [-0.15, -0.1) is 0 Å². The van der Waals surface area contributed by atoms with Gasteiger partial charge >= 0.3 is 0 Å². The van der Waals surface area contributed by atoms with Gasteiger partial charge in [0.15, 0.2) is 0 Å². The van der Waals surface area contributed by atoms with E-state index < -0.39 is 0 Å². The van der Waals surface area contributed by atoms with E-state index in [1.54, 1.807) is 0 Å². The Bertz CT molecular complexity index is 38.2. The zero-order valence-corrected chi connectivity index (χ0v) is 10.3. The van der Waals surface area contributed by atoms with E-state index in [0.717, 1.165) is 0 Å². The van der Waals surface area contributed by atoms with E-state index in [4.69, 9.17) is 5.11 Å². The molecule has 2 heteroatoms. The number of rotatable bonds is 2. The van der Waals surface area contributed by atoms with Gasteiger partial charge in [0.1, 0.15) is 0 Å². The van der Waals surface area contributed by atoms with Crippen LogP contribution in [0.25, 0.3) is 0 Å². The number of aliphatic hydroxyl groups excluding tert-OH is 1. The molecule has 0 aliphatic rings. The average molecular weight is 219 g/mol. The molecular formula is C8H18OY-2. The van der Waals surface area contributed by atoms with E-state index in [1.165, 1.54) is 0 Å². The molecule has 0 fully saturated rings. The molecule has 0 unspecified atom stereocenters. The molecule has 10 heavy (non-hydrogen) atoms. The van der Waals surface area contributed by atoms with Crippen LogP contribution in [0.2, 0.25) is 0 Å². The molecule has 0 bridgehead atoms. The third-order valence-electron chi connectivity index (χ3n) is 0.577. The van der Waals surface area contributed by atoms with Crippen LogP contribution in [0.4, 0.5) is 0 Å². The first kappa shape index (κ1) is 17.2. The van der Waals surface area contributed by atoms with E-state index in [9.17, 15) is 0 Å². The molecule has 0 saturated heterocycles. The van der Waals surface area contributed by atoms with Gasteiger partial charge in [-0.25, -0.2) is 0 Å². The molecule has 61 valence electrons. The Balaban J connectivity index is -0.000000107. The first-order chi connectivity index (χ1) is 4.18. The largest absolute Gasteiger partial charge is 0.428 e. The van der Waals surface area contributed by atoms with Crippen LogP contribution >= 0.6 is 0 Å². The van der Waals surface area contributed by atoms with Gasteiger partial charge < -0.3 is 17.9 Å².